The van der Waals surface area contributed by atoms with Crippen molar-refractivity contribution in [3.8, 4) is 5.75 Å². The first-order chi connectivity index (χ1) is 8.98. The van der Waals surface area contributed by atoms with Gasteiger partial charge in [0.05, 0.1) is 6.54 Å². The van der Waals surface area contributed by atoms with Gasteiger partial charge in [-0.1, -0.05) is 23.4 Å². The number of nitrogens with one attached hydrogen (secondary N) is 1. The summed E-state index contributed by atoms with van der Waals surface area (Å²) in [5.74, 6) is 0.292. The monoisotopic (exact) mass is 265 g/mol. The summed E-state index contributed by atoms with van der Waals surface area (Å²) in [4.78, 5) is 11.8. The van der Waals surface area contributed by atoms with Gasteiger partial charge in [0, 0.05) is 0 Å². The standard InChI is InChI=1S/C13H19N3O3/c1-13(2,11(14)16-18)12(17)15-8-9-19-10-6-4-3-5-7-10/h3-7,18H,8-9H2,1-2H3,(H2,14,16)(H,15,17). The smallest absolute Gasteiger partial charge is 0.233 e. The van der Waals surface area contributed by atoms with E-state index in [2.05, 4.69) is 10.5 Å². The number of carbonyl (C=O) groups is 1. The first kappa shape index (κ1) is 14.8. The summed E-state index contributed by atoms with van der Waals surface area (Å²) in [5, 5.41) is 14.1. The van der Waals surface area contributed by atoms with Crippen LogP contribution in [0.15, 0.2) is 35.5 Å². The second kappa shape index (κ2) is 6.63. The molecule has 0 aliphatic carbocycles. The highest BCUT2D eigenvalue weighted by molar-refractivity contribution is 6.05. The van der Waals surface area contributed by atoms with Crippen LogP contribution in [0.25, 0.3) is 0 Å². The molecule has 0 aliphatic rings. The first-order valence-electron chi connectivity index (χ1n) is 5.92. The molecule has 0 atom stereocenters. The summed E-state index contributed by atoms with van der Waals surface area (Å²) >= 11 is 0. The van der Waals surface area contributed by atoms with Gasteiger partial charge in [-0.25, -0.2) is 0 Å². The maximum atomic E-state index is 11.8. The molecule has 1 aromatic carbocycles. The van der Waals surface area contributed by atoms with Gasteiger partial charge in [0.2, 0.25) is 5.91 Å². The maximum Gasteiger partial charge on any atom is 0.233 e. The van der Waals surface area contributed by atoms with Gasteiger partial charge in [0.15, 0.2) is 5.84 Å². The van der Waals surface area contributed by atoms with Crippen LogP contribution in [0.4, 0.5) is 0 Å². The van der Waals surface area contributed by atoms with E-state index in [-0.39, 0.29) is 11.7 Å². The predicted molar refractivity (Wildman–Crippen MR) is 72.1 cm³/mol. The Labute approximate surface area is 112 Å². The quantitative estimate of drug-likeness (QED) is 0.234. The Hall–Kier alpha value is -2.24. The lowest BCUT2D eigenvalue weighted by Gasteiger charge is -2.21. The zero-order valence-electron chi connectivity index (χ0n) is 11.1. The van der Waals surface area contributed by atoms with Crippen LogP contribution < -0.4 is 15.8 Å². The van der Waals surface area contributed by atoms with Crippen LogP contribution in [-0.4, -0.2) is 30.1 Å². The first-order valence-corrected chi connectivity index (χ1v) is 5.92. The Morgan fingerprint density at radius 1 is 1.42 bits per heavy atom. The zero-order chi connectivity index (χ0) is 14.3. The van der Waals surface area contributed by atoms with E-state index in [9.17, 15) is 4.79 Å². The number of oxime groups is 1. The minimum atomic E-state index is -1.05. The molecule has 0 aliphatic heterocycles. The van der Waals surface area contributed by atoms with E-state index in [1.807, 2.05) is 30.3 Å². The number of rotatable bonds is 6. The fourth-order valence-electron chi connectivity index (χ4n) is 1.31. The number of hydrogen-bond donors (Lipinski definition) is 3. The lowest BCUT2D eigenvalue weighted by atomic mass is 9.91. The second-order valence-corrected chi connectivity index (χ2v) is 4.53. The number of benzene rings is 1. The molecule has 19 heavy (non-hydrogen) atoms. The van der Waals surface area contributed by atoms with Crippen molar-refractivity contribution in [1.29, 1.82) is 0 Å². The van der Waals surface area contributed by atoms with E-state index < -0.39 is 5.41 Å². The van der Waals surface area contributed by atoms with E-state index in [1.165, 1.54) is 0 Å². The molecule has 0 bridgehead atoms. The largest absolute Gasteiger partial charge is 0.492 e. The molecule has 4 N–H and O–H groups in total. The van der Waals surface area contributed by atoms with Gasteiger partial charge < -0.3 is 21.0 Å². The van der Waals surface area contributed by atoms with Gasteiger partial charge in [0.25, 0.3) is 0 Å². The number of carbonyl (C=O) groups excluding carboxylic acids is 1. The molecule has 6 nitrogen and oxygen atoms in total. The Kier molecular flexibility index (Phi) is 5.17. The molecule has 1 rings (SSSR count). The van der Waals surface area contributed by atoms with E-state index in [4.69, 9.17) is 15.7 Å². The van der Waals surface area contributed by atoms with Crippen molar-refractivity contribution in [2.24, 2.45) is 16.3 Å². The number of amidine groups is 1. The summed E-state index contributed by atoms with van der Waals surface area (Å²) in [6.07, 6.45) is 0. The molecular formula is C13H19N3O3. The molecule has 0 fully saturated rings. The van der Waals surface area contributed by atoms with Crippen LogP contribution in [0.1, 0.15) is 13.8 Å². The topological polar surface area (TPSA) is 96.9 Å². The summed E-state index contributed by atoms with van der Waals surface area (Å²) in [7, 11) is 0. The van der Waals surface area contributed by atoms with E-state index in [1.54, 1.807) is 13.8 Å². The Morgan fingerprint density at radius 3 is 2.63 bits per heavy atom. The molecule has 1 aromatic rings. The predicted octanol–water partition coefficient (Wildman–Crippen LogP) is 0.954. The van der Waals surface area contributed by atoms with Crippen molar-refractivity contribution in [2.45, 2.75) is 13.8 Å². The van der Waals surface area contributed by atoms with Crippen LogP contribution in [0.2, 0.25) is 0 Å². The van der Waals surface area contributed by atoms with Gasteiger partial charge >= 0.3 is 0 Å². The van der Waals surface area contributed by atoms with Crippen LogP contribution in [0.5, 0.6) is 5.75 Å². The Morgan fingerprint density at radius 2 is 2.05 bits per heavy atom. The van der Waals surface area contributed by atoms with Gasteiger partial charge in [-0.3, -0.25) is 4.79 Å². The molecule has 0 spiro atoms. The van der Waals surface area contributed by atoms with Gasteiger partial charge in [-0.2, -0.15) is 0 Å². The normalized spacial score (nSPS) is 12.0. The highest BCUT2D eigenvalue weighted by atomic mass is 16.5. The molecular weight excluding hydrogens is 246 g/mol. The fourth-order valence-corrected chi connectivity index (χ4v) is 1.31. The van der Waals surface area contributed by atoms with E-state index >= 15 is 0 Å². The molecule has 0 saturated heterocycles. The van der Waals surface area contributed by atoms with Crippen LogP contribution in [0.3, 0.4) is 0 Å². The number of nitrogens with zero attached hydrogens (tertiary/aromatic N) is 1. The van der Waals surface area contributed by atoms with Crippen molar-refractivity contribution in [1.82, 2.24) is 5.32 Å². The lowest BCUT2D eigenvalue weighted by molar-refractivity contribution is -0.126. The summed E-state index contributed by atoms with van der Waals surface area (Å²) in [6, 6.07) is 9.31. The van der Waals surface area contributed by atoms with Gasteiger partial charge in [0.1, 0.15) is 17.8 Å². The minimum absolute atomic E-state index is 0.131. The molecule has 0 saturated carbocycles. The van der Waals surface area contributed by atoms with Crippen LogP contribution in [0, 0.1) is 5.41 Å². The van der Waals surface area contributed by atoms with Crippen molar-refractivity contribution < 1.29 is 14.7 Å². The van der Waals surface area contributed by atoms with E-state index in [0.717, 1.165) is 5.75 Å². The maximum absolute atomic E-state index is 11.8. The zero-order valence-corrected chi connectivity index (χ0v) is 11.1. The average molecular weight is 265 g/mol. The molecule has 0 aromatic heterocycles. The van der Waals surface area contributed by atoms with Gasteiger partial charge in [-0.05, 0) is 26.0 Å². The SMILES string of the molecule is CC(C)(C(=O)NCCOc1ccccc1)C(N)=NO. The number of ether oxygens (including phenoxy) is 1. The number of para-hydroxylation sites is 1. The average Bonchev–Trinajstić information content (AvgIpc) is 2.43. The molecule has 0 unspecified atom stereocenters. The minimum Gasteiger partial charge on any atom is -0.492 e. The highest BCUT2D eigenvalue weighted by Gasteiger charge is 2.32. The summed E-state index contributed by atoms with van der Waals surface area (Å²) in [5.41, 5.74) is 4.40. The third-order valence-electron chi connectivity index (χ3n) is 2.72. The summed E-state index contributed by atoms with van der Waals surface area (Å²) in [6.45, 7) is 3.85. The second-order valence-electron chi connectivity index (χ2n) is 4.53. The van der Waals surface area contributed by atoms with E-state index in [0.29, 0.717) is 13.2 Å². The number of amides is 1. The van der Waals surface area contributed by atoms with Crippen LogP contribution in [-0.2, 0) is 4.79 Å². The van der Waals surface area contributed by atoms with Crippen molar-refractivity contribution >= 4 is 11.7 Å². The van der Waals surface area contributed by atoms with Crippen molar-refractivity contribution in [3.05, 3.63) is 30.3 Å². The third-order valence-corrected chi connectivity index (χ3v) is 2.72. The number of nitrogens with two attached hydrogens (primary N) is 1. The van der Waals surface area contributed by atoms with Gasteiger partial charge in [-0.15, -0.1) is 0 Å². The highest BCUT2D eigenvalue weighted by Crippen LogP contribution is 2.14. The third kappa shape index (κ3) is 4.17. The molecule has 0 radical (unpaired) electrons. The van der Waals surface area contributed by atoms with Crippen LogP contribution >= 0.6 is 0 Å². The van der Waals surface area contributed by atoms with Crippen molar-refractivity contribution in [3.63, 3.8) is 0 Å². The fraction of sp³-hybridized carbons (Fsp3) is 0.385. The molecule has 0 heterocycles. The Bertz CT molecular complexity index is 444. The lowest BCUT2D eigenvalue weighted by Crippen LogP contribution is -2.46. The Balaban J connectivity index is 2.35. The number of hydrogen-bond acceptors (Lipinski definition) is 4. The summed E-state index contributed by atoms with van der Waals surface area (Å²) < 4.78 is 5.43. The molecule has 6 heteroatoms. The van der Waals surface area contributed by atoms with Crippen molar-refractivity contribution in [2.75, 3.05) is 13.2 Å². The molecule has 1 amide bonds. The molecule has 104 valence electrons.